The zero-order valence-corrected chi connectivity index (χ0v) is 24.6. The summed E-state index contributed by atoms with van der Waals surface area (Å²) in [6, 6.07) is 4.26. The van der Waals surface area contributed by atoms with Crippen LogP contribution in [0.15, 0.2) is 41.3 Å². The summed E-state index contributed by atoms with van der Waals surface area (Å²) in [7, 11) is 2.96. The molecule has 1 fully saturated rings. The third-order valence-corrected chi connectivity index (χ3v) is 8.18. The van der Waals surface area contributed by atoms with Crippen LogP contribution < -0.4 is 10.1 Å². The number of piperazine rings is 1. The molecule has 0 aliphatic carbocycles. The average Bonchev–Trinajstić information content (AvgIpc) is 2.92. The first kappa shape index (κ1) is 32.9. The Morgan fingerprint density at radius 1 is 1.05 bits per heavy atom. The minimum atomic E-state index is -4.83. The molecule has 3 atom stereocenters. The lowest BCUT2D eigenvalue weighted by atomic mass is 9.97. The van der Waals surface area contributed by atoms with Crippen molar-refractivity contribution < 1.29 is 40.8 Å². The van der Waals surface area contributed by atoms with Gasteiger partial charge in [0.15, 0.2) is 6.79 Å². The smallest absolute Gasteiger partial charge is 0.407 e. The molecule has 0 amide bonds. The molecule has 0 saturated carbocycles. The normalized spacial score (nSPS) is 17.3. The van der Waals surface area contributed by atoms with Crippen molar-refractivity contribution in [2.75, 3.05) is 54.2 Å². The molecule has 1 aliphatic heterocycles. The zero-order valence-electron chi connectivity index (χ0n) is 23.8. The van der Waals surface area contributed by atoms with Gasteiger partial charge in [0.1, 0.15) is 34.6 Å². The molecule has 3 rings (SSSR count). The van der Waals surface area contributed by atoms with Crippen LogP contribution in [0.1, 0.15) is 31.9 Å². The highest BCUT2D eigenvalue weighted by Gasteiger charge is 2.43. The largest absolute Gasteiger partial charge is 0.468 e. The first-order valence-corrected chi connectivity index (χ1v) is 14.3. The Morgan fingerprint density at radius 3 is 2.29 bits per heavy atom. The van der Waals surface area contributed by atoms with Crippen LogP contribution in [0.5, 0.6) is 5.75 Å². The molecule has 1 aliphatic rings. The van der Waals surface area contributed by atoms with Crippen molar-refractivity contribution in [3.8, 4) is 16.9 Å². The molecular weight excluding hydrogens is 566 g/mol. The molecule has 0 aromatic heterocycles. The van der Waals surface area contributed by atoms with Gasteiger partial charge < -0.3 is 19.1 Å². The first-order valence-electron chi connectivity index (χ1n) is 13.2. The molecule has 0 radical (unpaired) electrons. The van der Waals surface area contributed by atoms with E-state index in [4.69, 9.17) is 14.2 Å². The number of rotatable bonds is 12. The maximum Gasteiger partial charge on any atom is 0.407 e. The van der Waals surface area contributed by atoms with Gasteiger partial charge in [0.25, 0.3) is 0 Å². The van der Waals surface area contributed by atoms with Crippen molar-refractivity contribution in [2.45, 2.75) is 43.4 Å². The molecule has 228 valence electrons. The number of benzene rings is 2. The van der Waals surface area contributed by atoms with Crippen molar-refractivity contribution in [3.63, 3.8) is 0 Å². The van der Waals surface area contributed by atoms with Gasteiger partial charge >= 0.3 is 12.1 Å². The summed E-state index contributed by atoms with van der Waals surface area (Å²) in [5.74, 6) is -1.67. The van der Waals surface area contributed by atoms with E-state index in [0.29, 0.717) is 18.0 Å². The van der Waals surface area contributed by atoms with Crippen molar-refractivity contribution in [3.05, 3.63) is 47.8 Å². The van der Waals surface area contributed by atoms with Crippen LogP contribution in [0.3, 0.4) is 0 Å². The van der Waals surface area contributed by atoms with Crippen LogP contribution in [0.25, 0.3) is 11.1 Å². The highest BCUT2D eigenvalue weighted by atomic mass is 32.2. The summed E-state index contributed by atoms with van der Waals surface area (Å²) >= 11 is 0. The highest BCUT2D eigenvalue weighted by molar-refractivity contribution is 7.82. The number of nitrogens with one attached hydrogen (secondary N) is 1. The summed E-state index contributed by atoms with van der Waals surface area (Å²) in [6.45, 7) is 6.03. The summed E-state index contributed by atoms with van der Waals surface area (Å²) in [4.78, 5) is 14.7. The minimum Gasteiger partial charge on any atom is -0.468 e. The molecule has 1 N–H and O–H groups in total. The van der Waals surface area contributed by atoms with Crippen LogP contribution in [0.2, 0.25) is 0 Å². The third kappa shape index (κ3) is 8.71. The third-order valence-electron chi connectivity index (χ3n) is 6.69. The number of esters is 1. The van der Waals surface area contributed by atoms with E-state index in [9.17, 15) is 22.2 Å². The van der Waals surface area contributed by atoms with Gasteiger partial charge in [-0.1, -0.05) is 26.0 Å². The number of halogens is 4. The summed E-state index contributed by atoms with van der Waals surface area (Å²) in [6.07, 6.45) is -4.74. The maximum absolute atomic E-state index is 15.6. The molecule has 2 aromatic rings. The molecule has 1 saturated heterocycles. The SMILES string of the molecule is COCOc1ccc(S(=O)N2CCN(C)CC2)cc1-c1ccc(C(NC(CC(C)C)C(=O)OC)C(F)(F)F)cc1F. The summed E-state index contributed by atoms with van der Waals surface area (Å²) < 4.78 is 88.5. The van der Waals surface area contributed by atoms with Crippen molar-refractivity contribution in [1.82, 2.24) is 14.5 Å². The lowest BCUT2D eigenvalue weighted by molar-refractivity contribution is -0.164. The fourth-order valence-electron chi connectivity index (χ4n) is 4.54. The van der Waals surface area contributed by atoms with E-state index in [2.05, 4.69) is 10.2 Å². The number of ether oxygens (including phenoxy) is 3. The number of likely N-dealkylation sites (N-methyl/N-ethyl adjacent to an activating group) is 1. The second-order valence-corrected chi connectivity index (χ2v) is 11.8. The first-order chi connectivity index (χ1) is 19.3. The fraction of sp³-hybridized carbons (Fsp3) is 0.536. The molecule has 2 aromatic carbocycles. The van der Waals surface area contributed by atoms with Gasteiger partial charge in [0.2, 0.25) is 0 Å². The molecule has 41 heavy (non-hydrogen) atoms. The molecule has 13 heteroatoms. The van der Waals surface area contributed by atoms with E-state index in [1.165, 1.54) is 25.3 Å². The lowest BCUT2D eigenvalue weighted by Gasteiger charge is -2.31. The fourth-order valence-corrected chi connectivity index (χ4v) is 5.73. The minimum absolute atomic E-state index is 0.0373. The monoisotopic (exact) mass is 603 g/mol. The number of carbonyl (C=O) groups excluding carboxylic acids is 1. The number of methoxy groups -OCH3 is 2. The molecule has 0 spiro atoms. The number of alkyl halides is 3. The van der Waals surface area contributed by atoms with Crippen LogP contribution >= 0.6 is 0 Å². The molecule has 8 nitrogen and oxygen atoms in total. The maximum atomic E-state index is 15.6. The number of nitrogens with zero attached hydrogens (tertiary/aromatic N) is 2. The van der Waals surface area contributed by atoms with Crippen molar-refractivity contribution >= 4 is 17.0 Å². The van der Waals surface area contributed by atoms with Crippen LogP contribution in [-0.4, -0.2) is 85.8 Å². The second kappa shape index (κ2) is 14.5. The Hall–Kier alpha value is -2.58. The van der Waals surface area contributed by atoms with Gasteiger partial charge in [0, 0.05) is 44.4 Å². The van der Waals surface area contributed by atoms with Crippen LogP contribution in [-0.2, 0) is 25.3 Å². The molecule has 0 bridgehead atoms. The summed E-state index contributed by atoms with van der Waals surface area (Å²) in [5.41, 5.74) is -0.229. The predicted octanol–water partition coefficient (Wildman–Crippen LogP) is 4.53. The zero-order chi connectivity index (χ0) is 30.3. The van der Waals surface area contributed by atoms with Gasteiger partial charge in [0.05, 0.1) is 12.0 Å². The predicted molar refractivity (Wildman–Crippen MR) is 147 cm³/mol. The Bertz CT molecular complexity index is 1210. The number of carbonyl (C=O) groups is 1. The molecule has 3 unspecified atom stereocenters. The van der Waals surface area contributed by atoms with Crippen molar-refractivity contribution in [1.29, 1.82) is 0 Å². The van der Waals surface area contributed by atoms with E-state index in [1.807, 2.05) is 11.4 Å². The topological polar surface area (TPSA) is 80.3 Å². The molecular formula is C28H37F4N3O5S. The highest BCUT2D eigenvalue weighted by Crippen LogP contribution is 2.38. The Morgan fingerprint density at radius 2 is 1.73 bits per heavy atom. The van der Waals surface area contributed by atoms with Gasteiger partial charge in [-0.25, -0.2) is 12.9 Å². The van der Waals surface area contributed by atoms with Crippen LogP contribution in [0, 0.1) is 11.7 Å². The van der Waals surface area contributed by atoms with E-state index >= 15 is 4.39 Å². The lowest BCUT2D eigenvalue weighted by Crippen LogP contribution is -2.45. The quantitative estimate of drug-likeness (QED) is 0.217. The van der Waals surface area contributed by atoms with Crippen molar-refractivity contribution in [2.24, 2.45) is 5.92 Å². The second-order valence-electron chi connectivity index (χ2n) is 10.3. The van der Waals surface area contributed by atoms with Gasteiger partial charge in [-0.2, -0.15) is 13.2 Å². The standard InChI is InChI=1S/C28H37F4N3O5S/c1-18(2)14-24(27(36)39-5)33-26(28(30,31)32)19-6-8-21(23(29)15-19)22-16-20(7-9-25(22)40-17-38-4)41(37)35-12-10-34(3)11-13-35/h6-9,15-16,18,24,26,33H,10-14,17H2,1-5H3. The Labute approximate surface area is 240 Å². The van der Waals surface area contributed by atoms with Gasteiger partial charge in [-0.15, -0.1) is 0 Å². The van der Waals surface area contributed by atoms with E-state index in [0.717, 1.165) is 32.3 Å². The van der Waals surface area contributed by atoms with E-state index < -0.39 is 46.6 Å². The number of hydrogen-bond acceptors (Lipinski definition) is 7. The van der Waals surface area contributed by atoms with Gasteiger partial charge in [-0.3, -0.25) is 10.1 Å². The van der Waals surface area contributed by atoms with E-state index in [1.54, 1.807) is 19.9 Å². The van der Waals surface area contributed by atoms with Crippen LogP contribution in [0.4, 0.5) is 17.6 Å². The van der Waals surface area contributed by atoms with Gasteiger partial charge in [-0.05, 0) is 49.2 Å². The number of hydrogen-bond donors (Lipinski definition) is 1. The molecule has 1 heterocycles. The Balaban J connectivity index is 2.00. The summed E-state index contributed by atoms with van der Waals surface area (Å²) in [5, 5.41) is 2.33. The Kier molecular flexibility index (Phi) is 11.7. The van der Waals surface area contributed by atoms with E-state index in [-0.39, 0.29) is 36.0 Å². The average molecular weight is 604 g/mol.